The molecular weight excluding hydrogens is 367 g/mol. The van der Waals surface area contributed by atoms with Crippen molar-refractivity contribution >= 4 is 11.3 Å². The molecule has 3 fully saturated rings. The minimum Gasteiger partial charge on any atom is -0.373 e. The van der Waals surface area contributed by atoms with E-state index in [-0.39, 0.29) is 17.3 Å². The van der Waals surface area contributed by atoms with Crippen LogP contribution >= 0.6 is 11.3 Å². The second-order valence-corrected chi connectivity index (χ2v) is 8.11. The molecule has 0 radical (unpaired) electrons. The van der Waals surface area contributed by atoms with Crippen LogP contribution in [-0.2, 0) is 6.18 Å². The first-order valence-electron chi connectivity index (χ1n) is 8.63. The van der Waals surface area contributed by atoms with Gasteiger partial charge in [-0.05, 0) is 50.9 Å². The van der Waals surface area contributed by atoms with Gasteiger partial charge in [-0.15, -0.1) is 11.3 Å². The second kappa shape index (κ2) is 6.63. The minimum atomic E-state index is -4.56. The fourth-order valence-corrected chi connectivity index (χ4v) is 4.89. The summed E-state index contributed by atoms with van der Waals surface area (Å²) >= 11 is 1.22. The average Bonchev–Trinajstić information content (AvgIpc) is 3.22. The lowest BCUT2D eigenvalue weighted by atomic mass is 9.84. The zero-order valence-electron chi connectivity index (χ0n) is 14.2. The van der Waals surface area contributed by atoms with Crippen molar-refractivity contribution in [1.29, 1.82) is 0 Å². The molecule has 9 heteroatoms. The summed E-state index contributed by atoms with van der Waals surface area (Å²) in [6.07, 6.45) is -3.13. The molecule has 0 saturated carbocycles. The molecular formula is C17H20F3N3O2S. The first-order chi connectivity index (χ1) is 12.3. The summed E-state index contributed by atoms with van der Waals surface area (Å²) in [6.45, 7) is 4.51. The van der Waals surface area contributed by atoms with Crippen LogP contribution < -0.4 is 5.32 Å². The van der Waals surface area contributed by atoms with Gasteiger partial charge in [0.25, 0.3) is 0 Å². The molecule has 0 amide bonds. The third-order valence-corrected chi connectivity index (χ3v) is 6.48. The summed E-state index contributed by atoms with van der Waals surface area (Å²) in [7, 11) is 0. The van der Waals surface area contributed by atoms with Gasteiger partial charge in [-0.25, -0.2) is 0 Å². The van der Waals surface area contributed by atoms with Crippen LogP contribution in [0.2, 0.25) is 0 Å². The van der Waals surface area contributed by atoms with E-state index in [9.17, 15) is 18.3 Å². The number of hydrogen-bond donors (Lipinski definition) is 2. The van der Waals surface area contributed by atoms with Gasteiger partial charge in [0, 0.05) is 23.0 Å². The molecule has 2 aromatic heterocycles. The fourth-order valence-electron chi connectivity index (χ4n) is 3.90. The van der Waals surface area contributed by atoms with Crippen molar-refractivity contribution in [3.63, 3.8) is 0 Å². The van der Waals surface area contributed by atoms with Gasteiger partial charge in [0.1, 0.15) is 11.9 Å². The molecule has 0 spiro atoms. The van der Waals surface area contributed by atoms with E-state index in [4.69, 9.17) is 0 Å². The number of fused-ring (bicyclic) bond motifs is 3. The summed E-state index contributed by atoms with van der Waals surface area (Å²) < 4.78 is 43.1. The number of aromatic nitrogens is 1. The van der Waals surface area contributed by atoms with Gasteiger partial charge in [-0.3, -0.25) is 5.32 Å². The maximum Gasteiger partial charge on any atom is 0.452 e. The Labute approximate surface area is 152 Å². The molecule has 1 unspecified atom stereocenters. The average molecular weight is 387 g/mol. The highest BCUT2D eigenvalue weighted by Gasteiger charge is 2.39. The van der Waals surface area contributed by atoms with Gasteiger partial charge in [-0.2, -0.15) is 13.2 Å². The molecule has 5 rings (SSSR count). The smallest absolute Gasteiger partial charge is 0.373 e. The van der Waals surface area contributed by atoms with E-state index >= 15 is 0 Å². The molecule has 3 aliphatic rings. The maximum absolute atomic E-state index is 12.9. The Bertz CT molecular complexity index is 781. The van der Waals surface area contributed by atoms with E-state index in [1.54, 1.807) is 12.1 Å². The molecule has 0 aromatic carbocycles. The van der Waals surface area contributed by atoms with Gasteiger partial charge in [-0.1, -0.05) is 5.16 Å². The van der Waals surface area contributed by atoms with E-state index in [0.717, 1.165) is 32.5 Å². The third-order valence-electron chi connectivity index (χ3n) is 5.34. The molecule has 2 atom stereocenters. The van der Waals surface area contributed by atoms with E-state index < -0.39 is 18.2 Å². The van der Waals surface area contributed by atoms with E-state index in [1.807, 2.05) is 0 Å². The summed E-state index contributed by atoms with van der Waals surface area (Å²) in [5, 5.41) is 17.4. The predicted octanol–water partition coefficient (Wildman–Crippen LogP) is 3.41. The van der Waals surface area contributed by atoms with Crippen molar-refractivity contribution in [2.24, 2.45) is 5.92 Å². The van der Waals surface area contributed by atoms with Crippen LogP contribution in [0, 0.1) is 12.8 Å². The lowest BCUT2D eigenvalue weighted by molar-refractivity contribution is -0.156. The van der Waals surface area contributed by atoms with Gasteiger partial charge < -0.3 is 14.5 Å². The standard InChI is InChI=1S/C17H20F3N3O2S/c1-9-14(22-25-15(9)17(18,19)20)12-2-3-13(26-12)16(24)21-11-8-23-6-4-10(11)5-7-23/h2-3,10-11,16,21,24H,4-8H2,1H3/t11-,16?/m1/s1. The molecule has 5 nitrogen and oxygen atoms in total. The molecule has 3 aliphatic heterocycles. The summed E-state index contributed by atoms with van der Waals surface area (Å²) in [5.74, 6) is -0.505. The number of piperidine rings is 3. The fraction of sp³-hybridized carbons (Fsp3) is 0.588. The van der Waals surface area contributed by atoms with E-state index in [1.165, 1.54) is 18.3 Å². The lowest BCUT2D eigenvalue weighted by Gasteiger charge is -2.45. The normalized spacial score (nSPS) is 27.0. The van der Waals surface area contributed by atoms with Crippen molar-refractivity contribution < 1.29 is 22.8 Å². The number of halogens is 3. The highest BCUT2D eigenvalue weighted by atomic mass is 32.1. The van der Waals surface area contributed by atoms with Crippen LogP contribution in [0.25, 0.3) is 10.6 Å². The number of alkyl halides is 3. The van der Waals surface area contributed by atoms with Gasteiger partial charge in [0.05, 0.1) is 4.88 Å². The molecule has 0 aliphatic carbocycles. The Hall–Kier alpha value is -1.42. The monoisotopic (exact) mass is 387 g/mol. The van der Waals surface area contributed by atoms with Gasteiger partial charge >= 0.3 is 6.18 Å². The summed E-state index contributed by atoms with van der Waals surface area (Å²) in [5.41, 5.74) is 0.134. The number of nitrogens with one attached hydrogen (secondary N) is 1. The van der Waals surface area contributed by atoms with Crippen LogP contribution in [0.3, 0.4) is 0 Å². The lowest BCUT2D eigenvalue weighted by Crippen LogP contribution is -2.56. The minimum absolute atomic E-state index is 0.0364. The Morgan fingerprint density at radius 2 is 2.08 bits per heavy atom. The highest BCUT2D eigenvalue weighted by molar-refractivity contribution is 7.15. The quantitative estimate of drug-likeness (QED) is 0.788. The molecule has 26 heavy (non-hydrogen) atoms. The number of nitrogens with zero attached hydrogens (tertiary/aromatic N) is 2. The van der Waals surface area contributed by atoms with Gasteiger partial charge in [0.2, 0.25) is 5.76 Å². The third kappa shape index (κ3) is 3.28. The van der Waals surface area contributed by atoms with Crippen molar-refractivity contribution in [2.75, 3.05) is 19.6 Å². The van der Waals surface area contributed by atoms with E-state index in [0.29, 0.717) is 15.7 Å². The van der Waals surface area contributed by atoms with Crippen LogP contribution in [0.4, 0.5) is 13.2 Å². The van der Waals surface area contributed by atoms with Crippen LogP contribution in [-0.4, -0.2) is 40.8 Å². The number of thiophene rings is 1. The van der Waals surface area contributed by atoms with Crippen LogP contribution in [0.15, 0.2) is 16.7 Å². The molecule has 142 valence electrons. The predicted molar refractivity (Wildman–Crippen MR) is 90.6 cm³/mol. The van der Waals surface area contributed by atoms with Crippen molar-refractivity contribution in [2.45, 2.75) is 38.2 Å². The zero-order valence-corrected chi connectivity index (χ0v) is 15.0. The molecule has 2 aromatic rings. The molecule has 3 saturated heterocycles. The SMILES string of the molecule is Cc1c(-c2ccc(C(O)N[C@@H]3CN4CCC3CC4)s2)noc1C(F)(F)F. The number of hydrogen-bond acceptors (Lipinski definition) is 6. The highest BCUT2D eigenvalue weighted by Crippen LogP contribution is 2.39. The van der Waals surface area contributed by atoms with Gasteiger partial charge in [0.15, 0.2) is 0 Å². The number of aliphatic hydroxyl groups is 1. The molecule has 5 heterocycles. The Morgan fingerprint density at radius 1 is 1.35 bits per heavy atom. The topological polar surface area (TPSA) is 61.5 Å². The first-order valence-corrected chi connectivity index (χ1v) is 9.44. The Balaban J connectivity index is 1.49. The summed E-state index contributed by atoms with van der Waals surface area (Å²) in [6, 6.07) is 3.64. The molecule has 2 N–H and O–H groups in total. The Morgan fingerprint density at radius 3 is 2.65 bits per heavy atom. The van der Waals surface area contributed by atoms with Crippen LogP contribution in [0.1, 0.15) is 35.3 Å². The second-order valence-electron chi connectivity index (χ2n) is 7.00. The maximum atomic E-state index is 12.9. The number of rotatable bonds is 4. The van der Waals surface area contributed by atoms with Crippen molar-refractivity contribution in [3.8, 4) is 10.6 Å². The van der Waals surface area contributed by atoms with Crippen LogP contribution in [0.5, 0.6) is 0 Å². The number of aliphatic hydroxyl groups excluding tert-OH is 1. The van der Waals surface area contributed by atoms with Crippen molar-refractivity contribution in [3.05, 3.63) is 28.3 Å². The van der Waals surface area contributed by atoms with Crippen molar-refractivity contribution in [1.82, 2.24) is 15.4 Å². The largest absolute Gasteiger partial charge is 0.452 e. The summed E-state index contributed by atoms with van der Waals surface area (Å²) in [4.78, 5) is 3.60. The molecule has 2 bridgehead atoms. The zero-order chi connectivity index (χ0) is 18.5. The first kappa shape index (κ1) is 18.0. The Kier molecular flexibility index (Phi) is 4.58. The van der Waals surface area contributed by atoms with E-state index in [2.05, 4.69) is 19.9 Å².